The molecule has 0 aromatic heterocycles. The second kappa shape index (κ2) is 4.44. The molecule has 68 valence electrons. The van der Waals surface area contributed by atoms with E-state index in [0.29, 0.717) is 11.7 Å². The van der Waals surface area contributed by atoms with Gasteiger partial charge in [-0.25, -0.2) is 0 Å². The van der Waals surface area contributed by atoms with E-state index in [-0.39, 0.29) is 0 Å². The maximum absolute atomic E-state index is 11.1. The molecule has 0 aliphatic heterocycles. The number of allylic oxidation sites excluding steroid dienone is 2. The monoisotopic (exact) mass is 166 g/mol. The van der Waals surface area contributed by atoms with Crippen LogP contribution in [-0.4, -0.2) is 5.78 Å². The van der Waals surface area contributed by atoms with Gasteiger partial charge in [0.25, 0.3) is 0 Å². The van der Waals surface area contributed by atoms with Gasteiger partial charge in [-0.2, -0.15) is 0 Å². The lowest BCUT2D eigenvalue weighted by molar-refractivity contribution is -0.117. The number of ketones is 1. The highest BCUT2D eigenvalue weighted by atomic mass is 16.1. The van der Waals surface area contributed by atoms with E-state index in [1.54, 1.807) is 0 Å². The second-order valence-corrected chi connectivity index (χ2v) is 3.52. The number of hydrogen-bond donors (Lipinski definition) is 0. The molecule has 0 aromatic rings. The molecule has 1 aliphatic rings. The highest BCUT2D eigenvalue weighted by molar-refractivity contribution is 5.81. The third-order valence-corrected chi connectivity index (χ3v) is 2.64. The molecule has 0 N–H and O–H groups in total. The van der Waals surface area contributed by atoms with Crippen molar-refractivity contribution < 1.29 is 4.79 Å². The SMILES string of the molecule is CC/C=C(\CC)C1CCC(=O)C1. The van der Waals surface area contributed by atoms with Crippen LogP contribution in [0, 0.1) is 5.92 Å². The number of carbonyl (C=O) groups excluding carboxylic acids is 1. The van der Waals surface area contributed by atoms with E-state index in [9.17, 15) is 4.79 Å². The maximum Gasteiger partial charge on any atom is 0.133 e. The Bertz CT molecular complexity index is 191. The van der Waals surface area contributed by atoms with Crippen molar-refractivity contribution in [2.45, 2.75) is 46.0 Å². The Balaban J connectivity index is 2.55. The van der Waals surface area contributed by atoms with Crippen molar-refractivity contribution in [3.05, 3.63) is 11.6 Å². The van der Waals surface area contributed by atoms with Crippen LogP contribution in [0.1, 0.15) is 46.0 Å². The lowest BCUT2D eigenvalue weighted by Gasteiger charge is -2.11. The van der Waals surface area contributed by atoms with Crippen molar-refractivity contribution in [1.82, 2.24) is 0 Å². The Hall–Kier alpha value is -0.590. The first-order chi connectivity index (χ1) is 5.77. The van der Waals surface area contributed by atoms with E-state index >= 15 is 0 Å². The molecule has 1 saturated carbocycles. The standard InChI is InChI=1S/C11H18O/c1-3-5-9(4-2)10-6-7-11(12)8-10/h5,10H,3-4,6-8H2,1-2H3/b9-5+. The molecule has 0 saturated heterocycles. The van der Waals surface area contributed by atoms with Crippen molar-refractivity contribution >= 4 is 5.78 Å². The zero-order valence-corrected chi connectivity index (χ0v) is 8.10. The molecule has 12 heavy (non-hydrogen) atoms. The zero-order chi connectivity index (χ0) is 8.97. The summed E-state index contributed by atoms with van der Waals surface area (Å²) in [7, 11) is 0. The minimum atomic E-state index is 0.454. The number of rotatable bonds is 3. The van der Waals surface area contributed by atoms with Gasteiger partial charge < -0.3 is 0 Å². The van der Waals surface area contributed by atoms with E-state index in [0.717, 1.165) is 32.1 Å². The fourth-order valence-corrected chi connectivity index (χ4v) is 1.99. The van der Waals surface area contributed by atoms with Crippen molar-refractivity contribution in [1.29, 1.82) is 0 Å². The van der Waals surface area contributed by atoms with E-state index in [2.05, 4.69) is 19.9 Å². The number of carbonyl (C=O) groups is 1. The summed E-state index contributed by atoms with van der Waals surface area (Å²) in [5, 5.41) is 0. The van der Waals surface area contributed by atoms with Crippen molar-refractivity contribution in [2.75, 3.05) is 0 Å². The van der Waals surface area contributed by atoms with Crippen LogP contribution in [0.4, 0.5) is 0 Å². The molecule has 1 heteroatoms. The maximum atomic E-state index is 11.1. The molecule has 0 aromatic carbocycles. The summed E-state index contributed by atoms with van der Waals surface area (Å²) in [6.45, 7) is 4.34. The van der Waals surface area contributed by atoms with Gasteiger partial charge in [-0.15, -0.1) is 0 Å². The Morgan fingerprint density at radius 1 is 1.58 bits per heavy atom. The summed E-state index contributed by atoms with van der Waals surface area (Å²) in [5.74, 6) is 1.04. The van der Waals surface area contributed by atoms with E-state index in [4.69, 9.17) is 0 Å². The van der Waals surface area contributed by atoms with Crippen LogP contribution >= 0.6 is 0 Å². The van der Waals surface area contributed by atoms with Gasteiger partial charge in [0, 0.05) is 12.8 Å². The Labute approximate surface area is 74.9 Å². The Kier molecular flexibility index (Phi) is 3.51. The average Bonchev–Trinajstić information content (AvgIpc) is 2.47. The van der Waals surface area contributed by atoms with Crippen molar-refractivity contribution in [3.8, 4) is 0 Å². The van der Waals surface area contributed by atoms with Crippen molar-refractivity contribution in [2.24, 2.45) is 5.92 Å². The number of Topliss-reactive ketones (excluding diaryl/α,β-unsaturated/α-hetero) is 1. The Morgan fingerprint density at radius 3 is 2.75 bits per heavy atom. The van der Waals surface area contributed by atoms with Crippen molar-refractivity contribution in [3.63, 3.8) is 0 Å². The molecule has 0 spiro atoms. The van der Waals surface area contributed by atoms with Gasteiger partial charge >= 0.3 is 0 Å². The largest absolute Gasteiger partial charge is 0.300 e. The Morgan fingerprint density at radius 2 is 2.33 bits per heavy atom. The third-order valence-electron chi connectivity index (χ3n) is 2.64. The zero-order valence-electron chi connectivity index (χ0n) is 8.10. The molecular weight excluding hydrogens is 148 g/mol. The highest BCUT2D eigenvalue weighted by Crippen LogP contribution is 2.30. The topological polar surface area (TPSA) is 17.1 Å². The lowest BCUT2D eigenvalue weighted by Crippen LogP contribution is -1.99. The molecule has 1 unspecified atom stereocenters. The molecular formula is C11H18O. The summed E-state index contributed by atoms with van der Waals surface area (Å²) < 4.78 is 0. The summed E-state index contributed by atoms with van der Waals surface area (Å²) in [4.78, 5) is 11.1. The first-order valence-corrected chi connectivity index (χ1v) is 4.98. The normalized spacial score (nSPS) is 25.0. The minimum Gasteiger partial charge on any atom is -0.300 e. The van der Waals surface area contributed by atoms with Gasteiger partial charge in [-0.05, 0) is 25.2 Å². The first kappa shape index (κ1) is 9.50. The van der Waals surface area contributed by atoms with Gasteiger partial charge in [0.15, 0.2) is 0 Å². The number of hydrogen-bond acceptors (Lipinski definition) is 1. The fourth-order valence-electron chi connectivity index (χ4n) is 1.99. The van der Waals surface area contributed by atoms with Crippen LogP contribution < -0.4 is 0 Å². The summed E-state index contributed by atoms with van der Waals surface area (Å²) >= 11 is 0. The summed E-state index contributed by atoms with van der Waals surface area (Å²) in [6.07, 6.45) is 7.23. The van der Waals surface area contributed by atoms with Gasteiger partial charge in [0.05, 0.1) is 0 Å². The molecule has 1 rings (SSSR count). The minimum absolute atomic E-state index is 0.454. The van der Waals surface area contributed by atoms with Gasteiger partial charge in [-0.3, -0.25) is 4.79 Å². The molecule has 1 fully saturated rings. The van der Waals surface area contributed by atoms with Gasteiger partial charge in [0.1, 0.15) is 5.78 Å². The second-order valence-electron chi connectivity index (χ2n) is 3.52. The average molecular weight is 166 g/mol. The summed E-state index contributed by atoms with van der Waals surface area (Å²) in [5.41, 5.74) is 1.50. The first-order valence-electron chi connectivity index (χ1n) is 4.98. The summed E-state index contributed by atoms with van der Waals surface area (Å²) in [6, 6.07) is 0. The van der Waals surface area contributed by atoms with Crippen LogP contribution in [0.5, 0.6) is 0 Å². The van der Waals surface area contributed by atoms with Crippen LogP contribution in [0.25, 0.3) is 0 Å². The molecule has 1 nitrogen and oxygen atoms in total. The van der Waals surface area contributed by atoms with E-state index < -0.39 is 0 Å². The van der Waals surface area contributed by atoms with Crippen LogP contribution in [0.2, 0.25) is 0 Å². The van der Waals surface area contributed by atoms with Gasteiger partial charge in [0.2, 0.25) is 0 Å². The quantitative estimate of drug-likeness (QED) is 0.589. The molecule has 0 amide bonds. The lowest BCUT2D eigenvalue weighted by atomic mass is 9.94. The molecule has 0 radical (unpaired) electrons. The van der Waals surface area contributed by atoms with Crippen LogP contribution in [0.3, 0.4) is 0 Å². The fraction of sp³-hybridized carbons (Fsp3) is 0.727. The highest BCUT2D eigenvalue weighted by Gasteiger charge is 2.23. The molecule has 0 heterocycles. The van der Waals surface area contributed by atoms with Crippen LogP contribution in [-0.2, 0) is 4.79 Å². The van der Waals surface area contributed by atoms with E-state index in [1.165, 1.54) is 5.57 Å². The predicted octanol–water partition coefficient (Wildman–Crippen LogP) is 3.10. The molecule has 0 bridgehead atoms. The molecule has 1 atom stereocenters. The third kappa shape index (κ3) is 2.20. The van der Waals surface area contributed by atoms with Crippen LogP contribution in [0.15, 0.2) is 11.6 Å². The predicted molar refractivity (Wildman–Crippen MR) is 51.0 cm³/mol. The molecule has 1 aliphatic carbocycles. The smallest absolute Gasteiger partial charge is 0.133 e. The van der Waals surface area contributed by atoms with E-state index in [1.807, 2.05) is 0 Å². The van der Waals surface area contributed by atoms with Gasteiger partial charge in [-0.1, -0.05) is 25.5 Å².